The molecule has 0 saturated carbocycles. The van der Waals surface area contributed by atoms with E-state index < -0.39 is 10.0 Å². The summed E-state index contributed by atoms with van der Waals surface area (Å²) in [5.41, 5.74) is 5.68. The Balaban J connectivity index is 2.16. The van der Waals surface area contributed by atoms with Gasteiger partial charge >= 0.3 is 0 Å². The molecule has 0 bridgehead atoms. The van der Waals surface area contributed by atoms with Gasteiger partial charge in [0.25, 0.3) is 0 Å². The first-order chi connectivity index (χ1) is 7.28. The Morgan fingerprint density at radius 3 is 2.44 bits per heavy atom. The monoisotopic (exact) mass is 242 g/mol. The fourth-order valence-corrected chi connectivity index (χ4v) is 2.17. The van der Waals surface area contributed by atoms with Gasteiger partial charge in [0, 0.05) is 24.8 Å². The van der Waals surface area contributed by atoms with Gasteiger partial charge in [-0.15, -0.1) is 0 Å². The van der Waals surface area contributed by atoms with Gasteiger partial charge in [-0.1, -0.05) is 0 Å². The molecule has 1 aliphatic heterocycles. The highest BCUT2D eigenvalue weighted by Crippen LogP contribution is 2.24. The highest BCUT2D eigenvalue weighted by Gasteiger charge is 2.35. The van der Waals surface area contributed by atoms with Crippen molar-refractivity contribution in [1.29, 1.82) is 0 Å². The molecule has 0 aromatic carbocycles. The predicted molar refractivity (Wildman–Crippen MR) is 60.4 cm³/mol. The number of hydrogen-bond acceptors (Lipinski definition) is 5. The number of hydrogen-bond donors (Lipinski definition) is 2. The van der Waals surface area contributed by atoms with Crippen LogP contribution in [-0.2, 0) is 10.0 Å². The van der Waals surface area contributed by atoms with E-state index in [1.54, 1.807) is 6.07 Å². The van der Waals surface area contributed by atoms with Crippen LogP contribution in [0.4, 0.5) is 5.82 Å². The summed E-state index contributed by atoms with van der Waals surface area (Å²) in [5, 5.41) is 4.97. The standard InChI is InChI=1S/C9H14N4O2S/c1-9(10)5-13(6-9)8-3-2-7(4-12-8)16(11,14)15/h2-4H,5-6,10H2,1H3,(H2,11,14,15). The molecule has 7 heteroatoms. The fraction of sp³-hybridized carbons (Fsp3) is 0.444. The topological polar surface area (TPSA) is 102 Å². The van der Waals surface area contributed by atoms with Crippen LogP contribution in [0.3, 0.4) is 0 Å². The van der Waals surface area contributed by atoms with Gasteiger partial charge in [0.05, 0.1) is 0 Å². The van der Waals surface area contributed by atoms with Crippen molar-refractivity contribution in [2.75, 3.05) is 18.0 Å². The lowest BCUT2D eigenvalue weighted by Crippen LogP contribution is -2.65. The summed E-state index contributed by atoms with van der Waals surface area (Å²) in [6.45, 7) is 3.39. The van der Waals surface area contributed by atoms with Crippen LogP contribution < -0.4 is 15.8 Å². The van der Waals surface area contributed by atoms with Crippen molar-refractivity contribution in [3.8, 4) is 0 Å². The molecular weight excluding hydrogens is 228 g/mol. The Labute approximate surface area is 94.3 Å². The molecule has 4 N–H and O–H groups in total. The Morgan fingerprint density at radius 2 is 2.06 bits per heavy atom. The Morgan fingerprint density at radius 1 is 1.44 bits per heavy atom. The lowest BCUT2D eigenvalue weighted by atomic mass is 9.94. The second kappa shape index (κ2) is 3.41. The lowest BCUT2D eigenvalue weighted by molar-refractivity contribution is 0.363. The van der Waals surface area contributed by atoms with E-state index in [9.17, 15) is 8.42 Å². The molecule has 1 fully saturated rings. The number of nitrogens with zero attached hydrogens (tertiary/aromatic N) is 2. The summed E-state index contributed by atoms with van der Waals surface area (Å²) < 4.78 is 22.0. The molecule has 0 aliphatic carbocycles. The lowest BCUT2D eigenvalue weighted by Gasteiger charge is -2.46. The van der Waals surface area contributed by atoms with E-state index in [-0.39, 0.29) is 10.4 Å². The molecule has 0 unspecified atom stereocenters. The van der Waals surface area contributed by atoms with Gasteiger partial charge in [-0.3, -0.25) is 0 Å². The van der Waals surface area contributed by atoms with E-state index in [0.717, 1.165) is 5.82 Å². The molecule has 1 aliphatic rings. The van der Waals surface area contributed by atoms with Gasteiger partial charge in [0.15, 0.2) is 0 Å². The second-order valence-electron chi connectivity index (χ2n) is 4.41. The van der Waals surface area contributed by atoms with Crippen LogP contribution in [0.1, 0.15) is 6.92 Å². The zero-order valence-corrected chi connectivity index (χ0v) is 9.74. The van der Waals surface area contributed by atoms with Gasteiger partial charge in [-0.05, 0) is 19.1 Å². The average Bonchev–Trinajstić information content (AvgIpc) is 2.13. The highest BCUT2D eigenvalue weighted by molar-refractivity contribution is 7.89. The number of nitrogens with two attached hydrogens (primary N) is 2. The van der Waals surface area contributed by atoms with Crippen molar-refractivity contribution in [1.82, 2.24) is 4.98 Å². The summed E-state index contributed by atoms with van der Waals surface area (Å²) >= 11 is 0. The van der Waals surface area contributed by atoms with Crippen molar-refractivity contribution >= 4 is 15.8 Å². The van der Waals surface area contributed by atoms with Crippen LogP contribution >= 0.6 is 0 Å². The van der Waals surface area contributed by atoms with Crippen molar-refractivity contribution in [3.05, 3.63) is 18.3 Å². The molecule has 16 heavy (non-hydrogen) atoms. The Bertz CT molecular complexity index is 487. The zero-order chi connectivity index (χ0) is 12.0. The van der Waals surface area contributed by atoms with Gasteiger partial charge < -0.3 is 10.6 Å². The quantitative estimate of drug-likeness (QED) is 0.711. The third-order valence-electron chi connectivity index (χ3n) is 2.48. The maximum Gasteiger partial charge on any atom is 0.239 e. The first-order valence-corrected chi connectivity index (χ1v) is 6.35. The molecule has 2 heterocycles. The van der Waals surface area contributed by atoms with E-state index in [4.69, 9.17) is 10.9 Å². The minimum absolute atomic E-state index is 0.0206. The smallest absolute Gasteiger partial charge is 0.239 e. The minimum atomic E-state index is -3.66. The van der Waals surface area contributed by atoms with E-state index in [1.165, 1.54) is 12.3 Å². The molecule has 2 rings (SSSR count). The normalized spacial score (nSPS) is 19.3. The molecule has 0 spiro atoms. The third-order valence-corrected chi connectivity index (χ3v) is 3.38. The largest absolute Gasteiger partial charge is 0.353 e. The van der Waals surface area contributed by atoms with Crippen LogP contribution in [0, 0.1) is 0 Å². The van der Waals surface area contributed by atoms with Crippen LogP contribution in [0.25, 0.3) is 0 Å². The van der Waals surface area contributed by atoms with Crippen LogP contribution in [0.15, 0.2) is 23.2 Å². The summed E-state index contributed by atoms with van der Waals surface area (Å²) in [4.78, 5) is 6.04. The first-order valence-electron chi connectivity index (χ1n) is 4.81. The molecule has 1 aromatic heterocycles. The molecule has 1 saturated heterocycles. The number of sulfonamides is 1. The number of primary sulfonamides is 1. The number of pyridine rings is 1. The van der Waals surface area contributed by atoms with E-state index >= 15 is 0 Å². The van der Waals surface area contributed by atoms with Crippen LogP contribution in [-0.4, -0.2) is 32.0 Å². The molecule has 6 nitrogen and oxygen atoms in total. The van der Waals surface area contributed by atoms with Gasteiger partial charge in [-0.2, -0.15) is 0 Å². The number of anilines is 1. The average molecular weight is 242 g/mol. The van der Waals surface area contributed by atoms with E-state index in [2.05, 4.69) is 4.98 Å². The summed E-state index contributed by atoms with van der Waals surface area (Å²) in [6, 6.07) is 3.08. The van der Waals surface area contributed by atoms with Crippen LogP contribution in [0.5, 0.6) is 0 Å². The second-order valence-corrected chi connectivity index (χ2v) is 5.97. The molecular formula is C9H14N4O2S. The maximum atomic E-state index is 11.0. The number of aromatic nitrogens is 1. The van der Waals surface area contributed by atoms with Crippen molar-refractivity contribution < 1.29 is 8.42 Å². The number of rotatable bonds is 2. The fourth-order valence-electron chi connectivity index (χ4n) is 1.72. The van der Waals surface area contributed by atoms with Crippen molar-refractivity contribution in [2.45, 2.75) is 17.4 Å². The predicted octanol–water partition coefficient (Wildman–Crippen LogP) is -0.734. The van der Waals surface area contributed by atoms with E-state index in [0.29, 0.717) is 13.1 Å². The summed E-state index contributed by atoms with van der Waals surface area (Å²) in [6.07, 6.45) is 1.26. The summed E-state index contributed by atoms with van der Waals surface area (Å²) in [7, 11) is -3.66. The van der Waals surface area contributed by atoms with Gasteiger partial charge in [0.1, 0.15) is 10.7 Å². The van der Waals surface area contributed by atoms with Gasteiger partial charge in [-0.25, -0.2) is 18.5 Å². The third kappa shape index (κ3) is 2.16. The maximum absolute atomic E-state index is 11.0. The van der Waals surface area contributed by atoms with E-state index in [1.807, 2.05) is 11.8 Å². The highest BCUT2D eigenvalue weighted by atomic mass is 32.2. The Hall–Kier alpha value is -1.18. The van der Waals surface area contributed by atoms with Crippen molar-refractivity contribution in [3.63, 3.8) is 0 Å². The zero-order valence-electron chi connectivity index (χ0n) is 8.92. The molecule has 0 amide bonds. The van der Waals surface area contributed by atoms with Crippen LogP contribution in [0.2, 0.25) is 0 Å². The molecule has 0 radical (unpaired) electrons. The van der Waals surface area contributed by atoms with Gasteiger partial charge in [0.2, 0.25) is 10.0 Å². The minimum Gasteiger partial charge on any atom is -0.353 e. The SMILES string of the molecule is CC1(N)CN(c2ccc(S(N)(=O)=O)cn2)C1. The first kappa shape index (κ1) is 11.3. The Kier molecular flexibility index (Phi) is 2.41. The summed E-state index contributed by atoms with van der Waals surface area (Å²) in [5.74, 6) is 0.718. The molecule has 88 valence electrons. The van der Waals surface area contributed by atoms with Crippen molar-refractivity contribution in [2.24, 2.45) is 10.9 Å². The molecule has 1 aromatic rings. The molecule has 0 atom stereocenters.